The predicted molar refractivity (Wildman–Crippen MR) is 125 cm³/mol. The summed E-state index contributed by atoms with van der Waals surface area (Å²) in [5.41, 5.74) is 1.20. The highest BCUT2D eigenvalue weighted by Gasteiger charge is 2.49. The number of Topliss-reactive ketones (excluding diaryl/α,β-unsaturated/α-hetero) is 1. The summed E-state index contributed by atoms with van der Waals surface area (Å²) in [5, 5.41) is 0.653. The fourth-order valence-corrected chi connectivity index (χ4v) is 4.26. The molecule has 1 aromatic heterocycles. The molecule has 0 saturated carbocycles. The van der Waals surface area contributed by atoms with Gasteiger partial charge in [0.1, 0.15) is 11.4 Å². The Hall–Kier alpha value is -2.40. The van der Waals surface area contributed by atoms with Crippen molar-refractivity contribution in [2.75, 3.05) is 18.0 Å². The summed E-state index contributed by atoms with van der Waals surface area (Å²) < 4.78 is 0. The van der Waals surface area contributed by atoms with Crippen molar-refractivity contribution in [3.8, 4) is 0 Å². The van der Waals surface area contributed by atoms with Gasteiger partial charge >= 0.3 is 0 Å². The van der Waals surface area contributed by atoms with Gasteiger partial charge in [-0.2, -0.15) is 0 Å². The highest BCUT2D eigenvalue weighted by atomic mass is 35.5. The lowest BCUT2D eigenvalue weighted by Gasteiger charge is -2.40. The Morgan fingerprint density at radius 2 is 1.90 bits per heavy atom. The fraction of sp³-hybridized carbons (Fsp3) is 0.480. The lowest BCUT2D eigenvalue weighted by molar-refractivity contribution is -0.146. The van der Waals surface area contributed by atoms with Crippen LogP contribution in [0.4, 0.5) is 5.82 Å². The largest absolute Gasteiger partial charge is 0.354 e. The number of hydrogen-bond donors (Lipinski definition) is 0. The van der Waals surface area contributed by atoms with E-state index in [-0.39, 0.29) is 11.7 Å². The molecule has 0 aliphatic carbocycles. The van der Waals surface area contributed by atoms with Crippen LogP contribution in [0.15, 0.2) is 42.6 Å². The van der Waals surface area contributed by atoms with Crippen LogP contribution in [0.25, 0.3) is 0 Å². The SMILES string of the molecule is CC(=O)C1(N(Cc2ccc(Cl)cc2)C(=O)CCC(C)C)CCN(c2ccc(C)cn2)C1. The van der Waals surface area contributed by atoms with E-state index in [4.69, 9.17) is 11.6 Å². The molecule has 0 bridgehead atoms. The van der Waals surface area contributed by atoms with E-state index >= 15 is 0 Å². The number of halogens is 1. The summed E-state index contributed by atoms with van der Waals surface area (Å²) in [4.78, 5) is 35.0. The molecule has 5 nitrogen and oxygen atoms in total. The van der Waals surface area contributed by atoms with Gasteiger partial charge in [-0.1, -0.05) is 43.6 Å². The van der Waals surface area contributed by atoms with Crippen molar-refractivity contribution in [1.82, 2.24) is 9.88 Å². The second-order valence-electron chi connectivity index (χ2n) is 8.99. The Kier molecular flexibility index (Phi) is 7.37. The number of amides is 1. The molecule has 0 radical (unpaired) electrons. The van der Waals surface area contributed by atoms with Crippen LogP contribution in [0.3, 0.4) is 0 Å². The topological polar surface area (TPSA) is 53.5 Å². The number of rotatable bonds is 8. The number of anilines is 1. The average molecular weight is 442 g/mol. The predicted octanol–water partition coefficient (Wildman–Crippen LogP) is 5.05. The Balaban J connectivity index is 1.92. The fourth-order valence-electron chi connectivity index (χ4n) is 4.13. The molecule has 2 heterocycles. The molecule has 1 aliphatic rings. The Bertz CT molecular complexity index is 911. The van der Waals surface area contributed by atoms with Gasteiger partial charge in [0.25, 0.3) is 0 Å². The normalized spacial score (nSPS) is 18.5. The molecule has 1 saturated heterocycles. The molecule has 1 aliphatic heterocycles. The summed E-state index contributed by atoms with van der Waals surface area (Å²) in [6, 6.07) is 11.5. The molecule has 1 unspecified atom stereocenters. The number of aryl methyl sites for hydroxylation is 1. The number of ketones is 1. The minimum absolute atomic E-state index is 0.0222. The van der Waals surface area contributed by atoms with Crippen molar-refractivity contribution < 1.29 is 9.59 Å². The van der Waals surface area contributed by atoms with Gasteiger partial charge in [0, 0.05) is 37.3 Å². The number of nitrogens with zero attached hydrogens (tertiary/aromatic N) is 3. The first-order valence-corrected chi connectivity index (χ1v) is 11.3. The van der Waals surface area contributed by atoms with Crippen molar-refractivity contribution in [1.29, 1.82) is 0 Å². The van der Waals surface area contributed by atoms with Gasteiger partial charge in [-0.25, -0.2) is 4.98 Å². The summed E-state index contributed by atoms with van der Waals surface area (Å²) in [7, 11) is 0. The smallest absolute Gasteiger partial charge is 0.223 e. The van der Waals surface area contributed by atoms with Crippen LogP contribution in [0.2, 0.25) is 5.02 Å². The van der Waals surface area contributed by atoms with Crippen molar-refractivity contribution in [3.05, 3.63) is 58.7 Å². The minimum Gasteiger partial charge on any atom is -0.354 e. The zero-order valence-electron chi connectivity index (χ0n) is 18.9. The third kappa shape index (κ3) is 5.45. The van der Waals surface area contributed by atoms with Crippen molar-refractivity contribution >= 4 is 29.1 Å². The van der Waals surface area contributed by atoms with Crippen molar-refractivity contribution in [3.63, 3.8) is 0 Å². The van der Waals surface area contributed by atoms with Crippen LogP contribution in [0.1, 0.15) is 51.2 Å². The Morgan fingerprint density at radius 1 is 1.19 bits per heavy atom. The molecule has 1 atom stereocenters. The standard InChI is InChI=1S/C25H32ClN3O2/c1-18(2)5-12-24(31)29(16-21-7-9-22(26)10-8-21)25(20(4)30)13-14-28(17-25)23-11-6-19(3)15-27-23/h6-11,15,18H,5,12-14,16-17H2,1-4H3. The van der Waals surface area contributed by atoms with E-state index in [0.29, 0.717) is 43.4 Å². The van der Waals surface area contributed by atoms with Crippen molar-refractivity contribution in [2.24, 2.45) is 5.92 Å². The third-order valence-electron chi connectivity index (χ3n) is 6.13. The first-order valence-electron chi connectivity index (χ1n) is 10.9. The maximum absolute atomic E-state index is 13.4. The Morgan fingerprint density at radius 3 is 2.48 bits per heavy atom. The number of hydrogen-bond acceptors (Lipinski definition) is 4. The molecule has 1 amide bonds. The number of benzene rings is 1. The highest BCUT2D eigenvalue weighted by molar-refractivity contribution is 6.30. The summed E-state index contributed by atoms with van der Waals surface area (Å²) in [6.45, 7) is 9.36. The number of carbonyl (C=O) groups excluding carboxylic acids is 2. The molecule has 1 aromatic carbocycles. The van der Waals surface area contributed by atoms with Gasteiger partial charge in [0.15, 0.2) is 5.78 Å². The summed E-state index contributed by atoms with van der Waals surface area (Å²) >= 11 is 6.05. The van der Waals surface area contributed by atoms with Crippen LogP contribution >= 0.6 is 11.6 Å². The number of carbonyl (C=O) groups is 2. The number of aromatic nitrogens is 1. The van der Waals surface area contributed by atoms with Gasteiger partial charge in [0.05, 0.1) is 0 Å². The maximum Gasteiger partial charge on any atom is 0.223 e. The quantitative estimate of drug-likeness (QED) is 0.575. The summed E-state index contributed by atoms with van der Waals surface area (Å²) in [5.74, 6) is 1.31. The molecule has 0 spiro atoms. The molecule has 2 aromatic rings. The Labute approximate surface area is 190 Å². The lowest BCUT2D eigenvalue weighted by Crippen LogP contribution is -2.57. The van der Waals surface area contributed by atoms with Crippen LogP contribution in [-0.4, -0.2) is 40.2 Å². The summed E-state index contributed by atoms with van der Waals surface area (Å²) in [6.07, 6.45) is 3.66. The van der Waals surface area contributed by atoms with Crippen LogP contribution in [0.5, 0.6) is 0 Å². The second kappa shape index (κ2) is 9.82. The van der Waals surface area contributed by atoms with Gasteiger partial charge in [0.2, 0.25) is 5.91 Å². The van der Waals surface area contributed by atoms with Crippen LogP contribution < -0.4 is 4.90 Å². The number of pyridine rings is 1. The average Bonchev–Trinajstić information content (AvgIpc) is 3.18. The molecule has 0 N–H and O–H groups in total. The molecule has 1 fully saturated rings. The zero-order chi connectivity index (χ0) is 22.6. The van der Waals surface area contributed by atoms with Gasteiger partial charge < -0.3 is 9.80 Å². The van der Waals surface area contributed by atoms with E-state index < -0.39 is 5.54 Å². The van der Waals surface area contributed by atoms with E-state index in [1.54, 1.807) is 6.92 Å². The lowest BCUT2D eigenvalue weighted by atomic mass is 9.89. The van der Waals surface area contributed by atoms with Gasteiger partial charge in [-0.15, -0.1) is 0 Å². The first kappa shape index (κ1) is 23.3. The van der Waals surface area contributed by atoms with E-state index in [2.05, 4.69) is 23.7 Å². The van der Waals surface area contributed by atoms with Gasteiger partial charge in [-0.3, -0.25) is 9.59 Å². The van der Waals surface area contributed by atoms with Crippen LogP contribution in [0, 0.1) is 12.8 Å². The molecule has 6 heteroatoms. The minimum atomic E-state index is -0.861. The maximum atomic E-state index is 13.4. The molecule has 31 heavy (non-hydrogen) atoms. The van der Waals surface area contributed by atoms with E-state index in [1.807, 2.05) is 54.4 Å². The zero-order valence-corrected chi connectivity index (χ0v) is 19.7. The van der Waals surface area contributed by atoms with E-state index in [0.717, 1.165) is 23.4 Å². The third-order valence-corrected chi connectivity index (χ3v) is 6.38. The van der Waals surface area contributed by atoms with E-state index in [1.165, 1.54) is 0 Å². The molecular formula is C25H32ClN3O2. The van der Waals surface area contributed by atoms with E-state index in [9.17, 15) is 9.59 Å². The molecular weight excluding hydrogens is 410 g/mol. The molecule has 3 rings (SSSR count). The van der Waals surface area contributed by atoms with Crippen molar-refractivity contribution in [2.45, 2.75) is 59.0 Å². The first-order chi connectivity index (χ1) is 14.7. The second-order valence-corrected chi connectivity index (χ2v) is 9.43. The van der Waals surface area contributed by atoms with Crippen LogP contribution in [-0.2, 0) is 16.1 Å². The van der Waals surface area contributed by atoms with Gasteiger partial charge in [-0.05, 0) is 61.9 Å². The monoisotopic (exact) mass is 441 g/mol. The highest BCUT2D eigenvalue weighted by Crippen LogP contribution is 2.34. The molecule has 166 valence electrons.